The fraction of sp³-hybridized carbons (Fsp3) is 0.292. The predicted molar refractivity (Wildman–Crippen MR) is 109 cm³/mol. The summed E-state index contributed by atoms with van der Waals surface area (Å²) in [6.45, 7) is 11.8. The second-order valence-electron chi connectivity index (χ2n) is 8.61. The maximum Gasteiger partial charge on any atom is -1.00 e. The molecule has 4 heteroatoms. The first-order valence-corrected chi connectivity index (χ1v) is 13.1. The van der Waals surface area contributed by atoms with Crippen LogP contribution in [0, 0.1) is 20.7 Å². The summed E-state index contributed by atoms with van der Waals surface area (Å²) in [5, 5.41) is 4.31. The Labute approximate surface area is 197 Å². The zero-order valence-electron chi connectivity index (χ0n) is 17.1. The summed E-state index contributed by atoms with van der Waals surface area (Å²) in [5.74, 6) is 0. The Kier molecular flexibility index (Phi) is 7.36. The molecule has 0 heterocycles. The van der Waals surface area contributed by atoms with E-state index in [9.17, 15) is 0 Å². The largest absolute Gasteiger partial charge is 1.00 e. The third-order valence-electron chi connectivity index (χ3n) is 5.54. The monoisotopic (exact) mass is 501 g/mol. The van der Waals surface area contributed by atoms with Crippen molar-refractivity contribution < 1.29 is 49.5 Å². The van der Waals surface area contributed by atoms with E-state index < -0.39 is 8.41 Å². The summed E-state index contributed by atoms with van der Waals surface area (Å²) < 4.78 is 1.54. The topological polar surface area (TPSA) is 0 Å². The van der Waals surface area contributed by atoms with E-state index in [0.717, 1.165) is 6.42 Å². The fourth-order valence-corrected chi connectivity index (χ4v) is 6.51. The normalized spacial score (nSPS) is 14.5. The van der Waals surface area contributed by atoms with Crippen LogP contribution in [0.25, 0.3) is 8.85 Å². The van der Waals surface area contributed by atoms with E-state index in [1.54, 1.807) is 10.4 Å². The van der Waals surface area contributed by atoms with Crippen molar-refractivity contribution in [1.82, 2.24) is 0 Å². The van der Waals surface area contributed by atoms with Gasteiger partial charge in [0.25, 0.3) is 0 Å². The summed E-state index contributed by atoms with van der Waals surface area (Å²) in [6, 6.07) is 13.7. The number of fused-ring (bicyclic) bond motifs is 2. The van der Waals surface area contributed by atoms with E-state index in [4.69, 9.17) is 0 Å². The smallest absolute Gasteiger partial charge is 1.00 e. The molecule has 0 nitrogen and oxygen atoms in total. The maximum atomic E-state index is 2.48. The molecule has 2 aromatic rings. The van der Waals surface area contributed by atoms with Crippen LogP contribution >= 0.6 is 0 Å². The molecule has 0 aromatic heterocycles. The molecule has 28 heavy (non-hydrogen) atoms. The molecule has 0 unspecified atom stereocenters. The number of benzene rings is 2. The Hall–Kier alpha value is -0.530. The van der Waals surface area contributed by atoms with Gasteiger partial charge >= 0.3 is 173 Å². The first-order valence-electron chi connectivity index (χ1n) is 9.37. The third kappa shape index (κ3) is 3.91. The zero-order valence-corrected chi connectivity index (χ0v) is 22.1. The van der Waals surface area contributed by atoms with Gasteiger partial charge in [0.05, 0.1) is 0 Å². The van der Waals surface area contributed by atoms with E-state index in [0.29, 0.717) is 0 Å². The van der Waals surface area contributed by atoms with E-state index in [-0.39, 0.29) is 30.2 Å². The van der Waals surface area contributed by atoms with Gasteiger partial charge in [-0.15, -0.1) is 0 Å². The average molecular weight is 504 g/mol. The number of hydrogen-bond donors (Lipinski definition) is 0. The Morgan fingerprint density at radius 3 is 2.07 bits per heavy atom. The number of halogens is 2. The first kappa shape index (κ1) is 23.7. The SMILES string of the molecule is C[Si](C)=c1ccc2c(c1C1=CC(C(C)(C)C)=CC1)[C]([Zr+2])=c1ccccc1=2.[Cl-].[Cl-]. The molecule has 0 bridgehead atoms. The summed E-state index contributed by atoms with van der Waals surface area (Å²) in [7, 11) is -0.529. The molecule has 0 spiro atoms. The number of hydrogen-bond acceptors (Lipinski definition) is 0. The van der Waals surface area contributed by atoms with Gasteiger partial charge in [-0.3, -0.25) is 0 Å². The molecule has 2 aliphatic rings. The standard InChI is InChI=1S/C24H25Si.2ClH.Zr/c1-24(2,3)18-11-10-17(14-18)23-21-15-16-8-6-7-9-19(16)20(21)12-13-22(23)25(4)5;;;/h6-9,11-14H,10H2,1-5H3;2*1H;/q;;;+2/p-2. The number of allylic oxidation sites excluding steroid dienone is 4. The van der Waals surface area contributed by atoms with Crippen molar-refractivity contribution >= 4 is 17.3 Å². The van der Waals surface area contributed by atoms with Crippen molar-refractivity contribution in [3.05, 3.63) is 85.7 Å². The number of rotatable bonds is 1. The first-order chi connectivity index (χ1) is 12.3. The molecule has 0 radical (unpaired) electrons. The predicted octanol–water partition coefficient (Wildman–Crippen LogP) is -0.655. The van der Waals surface area contributed by atoms with Gasteiger partial charge in [0.15, 0.2) is 0 Å². The molecule has 0 aliphatic heterocycles. The van der Waals surface area contributed by atoms with Gasteiger partial charge < -0.3 is 24.8 Å². The van der Waals surface area contributed by atoms with Gasteiger partial charge in [-0.1, -0.05) is 0 Å². The molecule has 0 N–H and O–H groups in total. The van der Waals surface area contributed by atoms with E-state index >= 15 is 0 Å². The zero-order chi connectivity index (χ0) is 18.6. The van der Waals surface area contributed by atoms with Crippen LogP contribution in [-0.4, -0.2) is 8.41 Å². The molecular formula is C24H25Cl2SiZr. The Morgan fingerprint density at radius 2 is 1.50 bits per heavy atom. The third-order valence-corrected chi connectivity index (χ3v) is 8.31. The molecule has 2 aliphatic carbocycles. The molecular weight excluding hydrogens is 478 g/mol. The van der Waals surface area contributed by atoms with Gasteiger partial charge in [-0.25, -0.2) is 0 Å². The minimum Gasteiger partial charge on any atom is -1.00 e. The van der Waals surface area contributed by atoms with E-state index in [1.807, 2.05) is 0 Å². The second kappa shape index (κ2) is 8.68. The minimum absolute atomic E-state index is 0. The Bertz CT molecular complexity index is 1210. The van der Waals surface area contributed by atoms with Crippen LogP contribution in [0.2, 0.25) is 13.1 Å². The molecule has 0 fully saturated rings. The Balaban J connectivity index is 0.00000140. The molecule has 2 aromatic carbocycles. The molecule has 143 valence electrons. The van der Waals surface area contributed by atoms with Gasteiger partial charge in [0, 0.05) is 0 Å². The van der Waals surface area contributed by atoms with Gasteiger partial charge in [-0.05, 0) is 0 Å². The summed E-state index contributed by atoms with van der Waals surface area (Å²) >= 11 is 1.52. The van der Waals surface area contributed by atoms with Crippen molar-refractivity contribution in [2.45, 2.75) is 40.3 Å². The molecule has 0 amide bonds. The van der Waals surface area contributed by atoms with Crippen molar-refractivity contribution in [1.29, 1.82) is 0 Å². The van der Waals surface area contributed by atoms with Crippen LogP contribution in [-0.2, 0) is 24.7 Å². The molecule has 0 saturated carbocycles. The molecule has 0 atom stereocenters. The summed E-state index contributed by atoms with van der Waals surface area (Å²) in [4.78, 5) is 1.59. The van der Waals surface area contributed by atoms with Gasteiger partial charge in [-0.2, -0.15) is 0 Å². The van der Waals surface area contributed by atoms with Crippen LogP contribution in [0.15, 0.2) is 54.1 Å². The maximum absolute atomic E-state index is 2.48. The van der Waals surface area contributed by atoms with Crippen molar-refractivity contribution in [2.24, 2.45) is 5.41 Å². The van der Waals surface area contributed by atoms with Crippen molar-refractivity contribution in [3.63, 3.8) is 0 Å². The van der Waals surface area contributed by atoms with Gasteiger partial charge in [0.2, 0.25) is 0 Å². The van der Waals surface area contributed by atoms with Gasteiger partial charge in [0.1, 0.15) is 0 Å². The van der Waals surface area contributed by atoms with Crippen LogP contribution in [0.3, 0.4) is 0 Å². The quantitative estimate of drug-likeness (QED) is 0.454. The van der Waals surface area contributed by atoms with E-state index in [1.165, 1.54) is 60.4 Å². The molecule has 0 saturated heterocycles. The fourth-order valence-electron chi connectivity index (χ4n) is 4.13. The van der Waals surface area contributed by atoms with Crippen molar-refractivity contribution in [2.75, 3.05) is 0 Å². The summed E-state index contributed by atoms with van der Waals surface area (Å²) in [5.41, 5.74) is 6.32. The average Bonchev–Trinajstić information content (AvgIpc) is 3.19. The van der Waals surface area contributed by atoms with Crippen LogP contribution in [0.1, 0.15) is 38.3 Å². The second-order valence-corrected chi connectivity index (χ2v) is 12.4. The minimum atomic E-state index is -0.529. The molecule has 4 rings (SSSR count). The Morgan fingerprint density at radius 1 is 0.857 bits per heavy atom. The van der Waals surface area contributed by atoms with Crippen molar-refractivity contribution in [3.8, 4) is 0 Å². The summed E-state index contributed by atoms with van der Waals surface area (Å²) in [6.07, 6.45) is 6.00. The van der Waals surface area contributed by atoms with E-state index in [2.05, 4.69) is 82.4 Å². The van der Waals surface area contributed by atoms with Crippen LogP contribution in [0.5, 0.6) is 0 Å². The van der Waals surface area contributed by atoms with Crippen LogP contribution in [0.4, 0.5) is 0 Å². The van der Waals surface area contributed by atoms with Crippen LogP contribution < -0.4 is 30.0 Å².